The third kappa shape index (κ3) is 5.23. The van der Waals surface area contributed by atoms with Crippen molar-refractivity contribution in [3.63, 3.8) is 0 Å². The highest BCUT2D eigenvalue weighted by atomic mass is 32.2. The van der Waals surface area contributed by atoms with Gasteiger partial charge in [-0.05, 0) is 69.3 Å². The Kier molecular flexibility index (Phi) is 7.10. The minimum atomic E-state index is -0.135. The van der Waals surface area contributed by atoms with Crippen molar-refractivity contribution in [1.82, 2.24) is 19.7 Å². The van der Waals surface area contributed by atoms with Crippen LogP contribution in [0.2, 0.25) is 0 Å². The number of nitrogens with one attached hydrogen (secondary N) is 1. The van der Waals surface area contributed by atoms with Gasteiger partial charge >= 0.3 is 0 Å². The second-order valence-corrected chi connectivity index (χ2v) is 9.49. The number of nitrogens with zero attached hydrogens (tertiary/aromatic N) is 4. The Bertz CT molecular complexity index is 1180. The first-order valence-corrected chi connectivity index (χ1v) is 12.8. The summed E-state index contributed by atoms with van der Waals surface area (Å²) in [7, 11) is 1.65. The van der Waals surface area contributed by atoms with Crippen LogP contribution in [0.25, 0.3) is 5.69 Å². The lowest BCUT2D eigenvalue weighted by atomic mass is 10.1. The van der Waals surface area contributed by atoms with Crippen molar-refractivity contribution >= 4 is 23.4 Å². The van der Waals surface area contributed by atoms with Gasteiger partial charge in [-0.25, -0.2) is 0 Å². The lowest BCUT2D eigenvalue weighted by Crippen LogP contribution is -2.33. The second kappa shape index (κ2) is 10.6. The Morgan fingerprint density at radius 1 is 1.09 bits per heavy atom. The maximum atomic E-state index is 12.7. The highest BCUT2D eigenvalue weighted by molar-refractivity contribution is 7.99. The molecule has 1 fully saturated rings. The smallest absolute Gasteiger partial charge is 0.234 e. The number of amides is 1. The third-order valence-corrected chi connectivity index (χ3v) is 7.22. The maximum Gasteiger partial charge on any atom is 0.234 e. The van der Waals surface area contributed by atoms with Gasteiger partial charge in [-0.3, -0.25) is 14.3 Å². The summed E-state index contributed by atoms with van der Waals surface area (Å²) in [5, 5.41) is 12.6. The molecule has 0 saturated carbocycles. The second-order valence-electron chi connectivity index (χ2n) is 8.55. The van der Waals surface area contributed by atoms with Crippen molar-refractivity contribution in [1.29, 1.82) is 0 Å². The Labute approximate surface area is 208 Å². The first-order chi connectivity index (χ1) is 17.1. The van der Waals surface area contributed by atoms with E-state index in [4.69, 9.17) is 14.2 Å². The standard InChI is InChI=1S/C25H29N5O4S/c1-17(29-12-4-3-5-13-29)24-27-28-25(30(24)19-7-9-20(32-2)10-8-19)35-15-23(31)26-18-6-11-21-22(14-18)34-16-33-21/h6-11,14,17H,3-5,12-13,15-16H2,1-2H3,(H,26,31)/t17-/m0/s1. The van der Waals surface area contributed by atoms with Crippen LogP contribution in [-0.2, 0) is 4.79 Å². The van der Waals surface area contributed by atoms with Crippen molar-refractivity contribution < 1.29 is 19.0 Å². The third-order valence-electron chi connectivity index (χ3n) is 6.29. The Balaban J connectivity index is 1.34. The SMILES string of the molecule is COc1ccc(-n2c(SCC(=O)Nc3ccc4c(c3)OCO4)nnc2[C@H](C)N2CCCCC2)cc1. The average Bonchev–Trinajstić information content (AvgIpc) is 3.54. The molecule has 0 radical (unpaired) electrons. The summed E-state index contributed by atoms with van der Waals surface area (Å²) >= 11 is 1.36. The molecule has 2 aliphatic rings. The average molecular weight is 496 g/mol. The molecule has 35 heavy (non-hydrogen) atoms. The fraction of sp³-hybridized carbons (Fsp3) is 0.400. The molecular formula is C25H29N5O4S. The summed E-state index contributed by atoms with van der Waals surface area (Å²) in [6.07, 6.45) is 3.67. The van der Waals surface area contributed by atoms with Crippen LogP contribution in [0.15, 0.2) is 47.6 Å². The molecule has 1 atom stereocenters. The molecule has 3 heterocycles. The van der Waals surface area contributed by atoms with Gasteiger partial charge in [-0.15, -0.1) is 10.2 Å². The number of benzene rings is 2. The van der Waals surface area contributed by atoms with Gasteiger partial charge in [0.1, 0.15) is 5.75 Å². The first kappa shape index (κ1) is 23.5. The minimum absolute atomic E-state index is 0.113. The zero-order chi connectivity index (χ0) is 24.2. The largest absolute Gasteiger partial charge is 0.497 e. The number of carbonyl (C=O) groups is 1. The zero-order valence-electron chi connectivity index (χ0n) is 19.9. The molecule has 0 unspecified atom stereocenters. The van der Waals surface area contributed by atoms with Gasteiger partial charge in [0, 0.05) is 17.4 Å². The fourth-order valence-electron chi connectivity index (χ4n) is 4.39. The number of thioether (sulfide) groups is 1. The number of fused-ring (bicyclic) bond motifs is 1. The minimum Gasteiger partial charge on any atom is -0.497 e. The van der Waals surface area contributed by atoms with Crippen LogP contribution in [0.3, 0.4) is 0 Å². The number of anilines is 1. The van der Waals surface area contributed by atoms with E-state index in [0.29, 0.717) is 22.3 Å². The molecule has 0 spiro atoms. The molecule has 1 aromatic heterocycles. The predicted molar refractivity (Wildman–Crippen MR) is 134 cm³/mol. The van der Waals surface area contributed by atoms with Crippen LogP contribution < -0.4 is 19.5 Å². The van der Waals surface area contributed by atoms with Crippen molar-refractivity contribution in [2.45, 2.75) is 37.4 Å². The summed E-state index contributed by atoms with van der Waals surface area (Å²) in [6.45, 7) is 4.48. The molecule has 0 bridgehead atoms. The number of rotatable bonds is 8. The number of carbonyl (C=O) groups excluding carboxylic acids is 1. The molecule has 1 amide bonds. The molecule has 0 aliphatic carbocycles. The molecule has 2 aromatic carbocycles. The van der Waals surface area contributed by atoms with Gasteiger partial charge in [0.05, 0.1) is 18.9 Å². The zero-order valence-corrected chi connectivity index (χ0v) is 20.7. The number of methoxy groups -OCH3 is 1. The van der Waals surface area contributed by atoms with Crippen molar-refractivity contribution in [3.05, 3.63) is 48.3 Å². The highest BCUT2D eigenvalue weighted by Gasteiger charge is 2.26. The van der Waals surface area contributed by atoms with E-state index in [1.54, 1.807) is 25.3 Å². The molecule has 5 rings (SSSR count). The van der Waals surface area contributed by atoms with Crippen molar-refractivity contribution in [2.75, 3.05) is 38.1 Å². The van der Waals surface area contributed by atoms with Crippen LogP contribution in [0.1, 0.15) is 38.1 Å². The van der Waals surface area contributed by atoms with Gasteiger partial charge in [0.15, 0.2) is 22.5 Å². The molecule has 10 heteroatoms. The Morgan fingerprint density at radius 3 is 2.63 bits per heavy atom. The molecule has 184 valence electrons. The normalized spacial score (nSPS) is 16.2. The lowest BCUT2D eigenvalue weighted by molar-refractivity contribution is -0.113. The van der Waals surface area contributed by atoms with Crippen LogP contribution in [0.4, 0.5) is 5.69 Å². The van der Waals surface area contributed by atoms with Crippen molar-refractivity contribution in [3.8, 4) is 22.9 Å². The summed E-state index contributed by atoms with van der Waals surface area (Å²) < 4.78 is 18.1. The molecule has 2 aliphatic heterocycles. The summed E-state index contributed by atoms with van der Waals surface area (Å²) in [5.41, 5.74) is 1.60. The molecule has 1 saturated heterocycles. The first-order valence-electron chi connectivity index (χ1n) is 11.8. The fourth-order valence-corrected chi connectivity index (χ4v) is 5.15. The van der Waals surface area contributed by atoms with Crippen molar-refractivity contribution in [2.24, 2.45) is 0 Å². The number of ether oxygens (including phenoxy) is 3. The monoisotopic (exact) mass is 495 g/mol. The van der Waals surface area contributed by atoms with E-state index >= 15 is 0 Å². The highest BCUT2D eigenvalue weighted by Crippen LogP contribution is 2.34. The summed E-state index contributed by atoms with van der Waals surface area (Å²) in [5.74, 6) is 3.02. The van der Waals surface area contributed by atoms with Gasteiger partial charge < -0.3 is 19.5 Å². The van der Waals surface area contributed by atoms with Gasteiger partial charge in [0.25, 0.3) is 0 Å². The number of hydrogen-bond donors (Lipinski definition) is 1. The number of piperidine rings is 1. The summed E-state index contributed by atoms with van der Waals surface area (Å²) in [6, 6.07) is 13.3. The topological polar surface area (TPSA) is 90.7 Å². The molecular weight excluding hydrogens is 466 g/mol. The molecule has 3 aromatic rings. The van der Waals surface area contributed by atoms with E-state index in [-0.39, 0.29) is 24.5 Å². The number of aromatic nitrogens is 3. The predicted octanol–water partition coefficient (Wildman–Crippen LogP) is 4.28. The molecule has 1 N–H and O–H groups in total. The maximum absolute atomic E-state index is 12.7. The van der Waals surface area contributed by atoms with E-state index in [9.17, 15) is 4.79 Å². The van der Waals surface area contributed by atoms with Crippen LogP contribution in [-0.4, -0.2) is 58.3 Å². The number of hydrogen-bond acceptors (Lipinski definition) is 8. The molecule has 9 nitrogen and oxygen atoms in total. The Morgan fingerprint density at radius 2 is 1.86 bits per heavy atom. The van der Waals surface area contributed by atoms with Gasteiger partial charge in [0.2, 0.25) is 12.7 Å². The van der Waals surface area contributed by atoms with E-state index in [2.05, 4.69) is 31.9 Å². The lowest BCUT2D eigenvalue weighted by Gasteiger charge is -2.31. The van der Waals surface area contributed by atoms with Gasteiger partial charge in [-0.2, -0.15) is 0 Å². The van der Waals surface area contributed by atoms with E-state index in [0.717, 1.165) is 30.4 Å². The van der Waals surface area contributed by atoms with Crippen LogP contribution in [0.5, 0.6) is 17.2 Å². The van der Waals surface area contributed by atoms with E-state index in [1.807, 2.05) is 24.3 Å². The van der Waals surface area contributed by atoms with E-state index < -0.39 is 0 Å². The quantitative estimate of drug-likeness (QED) is 0.463. The van der Waals surface area contributed by atoms with Gasteiger partial charge in [-0.1, -0.05) is 18.2 Å². The summed E-state index contributed by atoms with van der Waals surface area (Å²) in [4.78, 5) is 15.2. The van der Waals surface area contributed by atoms with Crippen LogP contribution >= 0.6 is 11.8 Å². The number of likely N-dealkylation sites (tertiary alicyclic amines) is 1. The van der Waals surface area contributed by atoms with E-state index in [1.165, 1.54) is 31.0 Å². The Hall–Kier alpha value is -3.24. The van der Waals surface area contributed by atoms with Crippen LogP contribution in [0, 0.1) is 0 Å².